The zero-order valence-electron chi connectivity index (χ0n) is 17.2. The van der Waals surface area contributed by atoms with Crippen LogP contribution in [0.1, 0.15) is 30.7 Å². The Morgan fingerprint density at radius 3 is 2.58 bits per heavy atom. The van der Waals surface area contributed by atoms with Gasteiger partial charge >= 0.3 is 5.97 Å². The van der Waals surface area contributed by atoms with E-state index in [1.54, 1.807) is 13.0 Å². The fourth-order valence-electron chi connectivity index (χ4n) is 2.87. The zero-order valence-corrected chi connectivity index (χ0v) is 17.2. The lowest BCUT2D eigenvalue weighted by atomic mass is 10.2. The number of fused-ring (bicyclic) bond motifs is 1. The maximum absolute atomic E-state index is 12.0. The molecule has 2 aromatic carbocycles. The Morgan fingerprint density at radius 2 is 1.81 bits per heavy atom. The summed E-state index contributed by atoms with van der Waals surface area (Å²) < 4.78 is 10.7. The second kappa shape index (κ2) is 10.8. The van der Waals surface area contributed by atoms with E-state index in [2.05, 4.69) is 10.6 Å². The van der Waals surface area contributed by atoms with Crippen LogP contribution >= 0.6 is 0 Å². The van der Waals surface area contributed by atoms with Crippen LogP contribution in [0.4, 0.5) is 0 Å². The van der Waals surface area contributed by atoms with Gasteiger partial charge in [-0.15, -0.1) is 0 Å². The van der Waals surface area contributed by atoms with E-state index in [9.17, 15) is 14.4 Å². The average molecular weight is 420 g/mol. The summed E-state index contributed by atoms with van der Waals surface area (Å²) in [6.45, 7) is 1.51. The largest absolute Gasteiger partial charge is 0.459 e. The van der Waals surface area contributed by atoms with Gasteiger partial charge in [-0.25, -0.2) is 0 Å². The fraction of sp³-hybridized carbons (Fsp3) is 0.208. The normalized spacial score (nSPS) is 11.9. The van der Waals surface area contributed by atoms with Gasteiger partial charge in [0.2, 0.25) is 5.91 Å². The molecule has 2 amide bonds. The molecule has 31 heavy (non-hydrogen) atoms. The average Bonchev–Trinajstić information content (AvgIpc) is 3.21. The molecule has 0 saturated heterocycles. The minimum atomic E-state index is -0.570. The maximum Gasteiger partial charge on any atom is 0.308 e. The molecule has 3 rings (SSSR count). The van der Waals surface area contributed by atoms with Crippen molar-refractivity contribution in [1.82, 2.24) is 10.6 Å². The molecular weight excluding hydrogens is 396 g/mol. The van der Waals surface area contributed by atoms with Gasteiger partial charge in [0.1, 0.15) is 11.3 Å². The monoisotopic (exact) mass is 420 g/mol. The summed E-state index contributed by atoms with van der Waals surface area (Å²) in [4.78, 5) is 35.6. The summed E-state index contributed by atoms with van der Waals surface area (Å²) in [6.07, 6.45) is 3.05. The molecule has 0 aliphatic carbocycles. The summed E-state index contributed by atoms with van der Waals surface area (Å²) in [5, 5.41) is 6.28. The number of ether oxygens (including phenoxy) is 1. The molecule has 0 aliphatic rings. The summed E-state index contributed by atoms with van der Waals surface area (Å²) in [5.74, 6) is -0.698. The summed E-state index contributed by atoms with van der Waals surface area (Å²) in [6, 6.07) is 18.5. The van der Waals surface area contributed by atoms with E-state index in [1.807, 2.05) is 60.7 Å². The molecule has 7 heteroatoms. The van der Waals surface area contributed by atoms with Crippen molar-refractivity contribution in [2.45, 2.75) is 19.4 Å². The molecule has 0 spiro atoms. The molecule has 0 bridgehead atoms. The lowest BCUT2D eigenvalue weighted by Crippen LogP contribution is -2.31. The molecule has 0 aliphatic heterocycles. The SMILES string of the molecule is C[C@@H](NC(=O)COC(=O)CCNC(=O)/C=C/c1ccccc1)c1cc2ccccc2o1. The van der Waals surface area contributed by atoms with E-state index in [4.69, 9.17) is 9.15 Å². The van der Waals surface area contributed by atoms with Crippen LogP contribution < -0.4 is 10.6 Å². The van der Waals surface area contributed by atoms with E-state index in [1.165, 1.54) is 6.08 Å². The Labute approximate surface area is 180 Å². The van der Waals surface area contributed by atoms with Gasteiger partial charge in [-0.2, -0.15) is 0 Å². The highest BCUT2D eigenvalue weighted by Gasteiger charge is 2.15. The van der Waals surface area contributed by atoms with Crippen LogP contribution in [-0.4, -0.2) is 30.9 Å². The number of nitrogens with one attached hydrogen (secondary N) is 2. The molecule has 2 N–H and O–H groups in total. The van der Waals surface area contributed by atoms with Gasteiger partial charge in [0.25, 0.3) is 5.91 Å². The van der Waals surface area contributed by atoms with Gasteiger partial charge in [0.05, 0.1) is 12.5 Å². The summed E-state index contributed by atoms with van der Waals surface area (Å²) in [7, 11) is 0. The molecule has 7 nitrogen and oxygen atoms in total. The number of carbonyl (C=O) groups is 3. The first kappa shape index (κ1) is 21.8. The van der Waals surface area contributed by atoms with Crippen LogP contribution in [0, 0.1) is 0 Å². The van der Waals surface area contributed by atoms with Crippen LogP contribution in [0.5, 0.6) is 0 Å². The number of para-hydroxylation sites is 1. The minimum absolute atomic E-state index is 0.0304. The number of furan rings is 1. The van der Waals surface area contributed by atoms with Crippen LogP contribution in [0.2, 0.25) is 0 Å². The maximum atomic E-state index is 12.0. The number of hydrogen-bond donors (Lipinski definition) is 2. The number of hydrogen-bond acceptors (Lipinski definition) is 5. The number of amides is 2. The van der Waals surface area contributed by atoms with E-state index in [0.29, 0.717) is 5.76 Å². The topological polar surface area (TPSA) is 97.6 Å². The van der Waals surface area contributed by atoms with Gasteiger partial charge in [-0.3, -0.25) is 14.4 Å². The van der Waals surface area contributed by atoms with E-state index >= 15 is 0 Å². The first-order chi connectivity index (χ1) is 15.0. The van der Waals surface area contributed by atoms with Crippen LogP contribution in [0.15, 0.2) is 71.2 Å². The van der Waals surface area contributed by atoms with Crippen molar-refractivity contribution in [2.24, 2.45) is 0 Å². The standard InChI is InChI=1S/C24H24N2O5/c1-17(21-15-19-9-5-6-10-20(19)31-21)26-23(28)16-30-24(29)13-14-25-22(27)12-11-18-7-3-2-4-8-18/h2-12,15,17H,13-14,16H2,1H3,(H,25,27)(H,26,28)/b12-11+/t17-/m1/s1. The highest BCUT2D eigenvalue weighted by atomic mass is 16.5. The van der Waals surface area contributed by atoms with Gasteiger partial charge in [-0.05, 0) is 30.7 Å². The second-order valence-corrected chi connectivity index (χ2v) is 6.92. The molecule has 0 fully saturated rings. The van der Waals surface area contributed by atoms with E-state index < -0.39 is 18.5 Å². The molecule has 1 heterocycles. The number of carbonyl (C=O) groups excluding carboxylic acids is 3. The lowest BCUT2D eigenvalue weighted by Gasteiger charge is -2.11. The van der Waals surface area contributed by atoms with Crippen LogP contribution in [0.25, 0.3) is 17.0 Å². The zero-order chi connectivity index (χ0) is 22.1. The van der Waals surface area contributed by atoms with E-state index in [0.717, 1.165) is 16.5 Å². The Kier molecular flexibility index (Phi) is 7.59. The first-order valence-electron chi connectivity index (χ1n) is 9.95. The third-order valence-corrected chi connectivity index (χ3v) is 4.47. The predicted octanol–water partition coefficient (Wildman–Crippen LogP) is 3.37. The van der Waals surface area contributed by atoms with Crippen molar-refractivity contribution in [1.29, 1.82) is 0 Å². The third kappa shape index (κ3) is 6.85. The van der Waals surface area contributed by atoms with Gasteiger partial charge < -0.3 is 19.8 Å². The van der Waals surface area contributed by atoms with Gasteiger partial charge in [0, 0.05) is 18.0 Å². The van der Waals surface area contributed by atoms with Crippen molar-refractivity contribution >= 4 is 34.8 Å². The van der Waals surface area contributed by atoms with Crippen molar-refractivity contribution < 1.29 is 23.5 Å². The Morgan fingerprint density at radius 1 is 1.06 bits per heavy atom. The van der Waals surface area contributed by atoms with Gasteiger partial charge in [0.15, 0.2) is 6.61 Å². The van der Waals surface area contributed by atoms with Crippen molar-refractivity contribution in [2.75, 3.05) is 13.2 Å². The molecule has 1 aromatic heterocycles. The van der Waals surface area contributed by atoms with Crippen LogP contribution in [0.3, 0.4) is 0 Å². The summed E-state index contributed by atoms with van der Waals surface area (Å²) >= 11 is 0. The third-order valence-electron chi connectivity index (χ3n) is 4.47. The van der Waals surface area contributed by atoms with Crippen molar-refractivity contribution in [3.63, 3.8) is 0 Å². The molecule has 0 radical (unpaired) electrons. The highest BCUT2D eigenvalue weighted by molar-refractivity contribution is 5.92. The molecule has 1 atom stereocenters. The van der Waals surface area contributed by atoms with Crippen molar-refractivity contribution in [3.8, 4) is 0 Å². The number of esters is 1. The fourth-order valence-corrected chi connectivity index (χ4v) is 2.87. The van der Waals surface area contributed by atoms with Crippen LogP contribution in [-0.2, 0) is 19.1 Å². The lowest BCUT2D eigenvalue weighted by molar-refractivity contribution is -0.148. The molecular formula is C24H24N2O5. The van der Waals surface area contributed by atoms with Gasteiger partial charge in [-0.1, -0.05) is 48.5 Å². The molecule has 3 aromatic rings. The Balaban J connectivity index is 1.33. The molecule has 160 valence electrons. The quantitative estimate of drug-likeness (QED) is 0.409. The minimum Gasteiger partial charge on any atom is -0.459 e. The molecule has 0 saturated carbocycles. The van der Waals surface area contributed by atoms with Crippen molar-refractivity contribution in [3.05, 3.63) is 78.1 Å². The summed E-state index contributed by atoms with van der Waals surface area (Å²) in [5.41, 5.74) is 1.64. The number of benzene rings is 2. The smallest absolute Gasteiger partial charge is 0.308 e. The highest BCUT2D eigenvalue weighted by Crippen LogP contribution is 2.23. The molecule has 0 unspecified atom stereocenters. The first-order valence-corrected chi connectivity index (χ1v) is 9.95. The second-order valence-electron chi connectivity index (χ2n) is 6.92. The van der Waals surface area contributed by atoms with E-state index in [-0.39, 0.29) is 24.9 Å². The Bertz CT molecular complexity index is 1040. The number of rotatable bonds is 9. The predicted molar refractivity (Wildman–Crippen MR) is 117 cm³/mol. The Hall–Kier alpha value is -3.87.